The van der Waals surface area contributed by atoms with Crippen LogP contribution in [0.5, 0.6) is 0 Å². The van der Waals surface area contributed by atoms with E-state index >= 15 is 0 Å². The fraction of sp³-hybridized carbons (Fsp3) is 0.938. The van der Waals surface area contributed by atoms with Crippen LogP contribution in [0.4, 0.5) is 0 Å². The molecule has 112 valence electrons. The maximum Gasteiger partial charge on any atom is 0.222 e. The van der Waals surface area contributed by atoms with Crippen LogP contribution in [0.2, 0.25) is 0 Å². The average molecular weight is 268 g/mol. The Hall–Kier alpha value is -0.570. The molecule has 0 spiro atoms. The molecule has 1 amide bonds. The van der Waals surface area contributed by atoms with Crippen LogP contribution in [0.15, 0.2) is 0 Å². The lowest BCUT2D eigenvalue weighted by molar-refractivity contribution is -0.130. The second-order valence-corrected chi connectivity index (χ2v) is 5.99. The van der Waals surface area contributed by atoms with Gasteiger partial charge >= 0.3 is 0 Å². The summed E-state index contributed by atoms with van der Waals surface area (Å²) < 4.78 is 0. The zero-order valence-electron chi connectivity index (χ0n) is 12.9. The zero-order chi connectivity index (χ0) is 13.9. The molecule has 19 heavy (non-hydrogen) atoms. The molecular weight excluding hydrogens is 236 g/mol. The Morgan fingerprint density at radius 2 is 1.74 bits per heavy atom. The first-order valence-corrected chi connectivity index (χ1v) is 8.18. The maximum absolute atomic E-state index is 12.0. The van der Waals surface area contributed by atoms with Gasteiger partial charge in [0, 0.05) is 20.0 Å². The Balaban J connectivity index is 2.04. The lowest BCUT2D eigenvalue weighted by Crippen LogP contribution is -2.37. The molecule has 3 nitrogen and oxygen atoms in total. The number of unbranched alkanes of at least 4 members (excludes halogenated alkanes) is 5. The standard InChI is InChI=1S/C16H32N2O/c1-3-4-5-6-7-8-9-16(19)18(2)14-15-10-12-17-13-11-15/h15,17H,3-14H2,1-2H3. The third-order valence-corrected chi connectivity index (χ3v) is 4.16. The largest absolute Gasteiger partial charge is 0.345 e. The summed E-state index contributed by atoms with van der Waals surface area (Å²) in [6.07, 6.45) is 10.7. The normalized spacial score (nSPS) is 16.5. The number of hydrogen-bond donors (Lipinski definition) is 1. The highest BCUT2D eigenvalue weighted by Gasteiger charge is 2.17. The Labute approximate surface area is 119 Å². The molecule has 1 aliphatic rings. The SMILES string of the molecule is CCCCCCCCC(=O)N(C)CC1CCNCC1. The second kappa shape index (κ2) is 10.2. The van der Waals surface area contributed by atoms with Crippen LogP contribution in [0.25, 0.3) is 0 Å². The minimum Gasteiger partial charge on any atom is -0.345 e. The van der Waals surface area contributed by atoms with Gasteiger partial charge in [-0.3, -0.25) is 4.79 Å². The molecule has 0 aromatic rings. The van der Waals surface area contributed by atoms with Gasteiger partial charge in [-0.15, -0.1) is 0 Å². The number of nitrogens with zero attached hydrogens (tertiary/aromatic N) is 1. The van der Waals surface area contributed by atoms with Crippen LogP contribution in [0, 0.1) is 5.92 Å². The Kier molecular flexibility index (Phi) is 8.89. The van der Waals surface area contributed by atoms with Gasteiger partial charge in [-0.1, -0.05) is 39.0 Å². The first kappa shape index (κ1) is 16.5. The third kappa shape index (κ3) is 7.56. The van der Waals surface area contributed by atoms with E-state index in [2.05, 4.69) is 12.2 Å². The van der Waals surface area contributed by atoms with Crippen LogP contribution in [-0.2, 0) is 4.79 Å². The molecule has 0 atom stereocenters. The fourth-order valence-corrected chi connectivity index (χ4v) is 2.80. The van der Waals surface area contributed by atoms with Crippen molar-refractivity contribution in [2.75, 3.05) is 26.7 Å². The van der Waals surface area contributed by atoms with Gasteiger partial charge in [-0.05, 0) is 38.3 Å². The van der Waals surface area contributed by atoms with Crippen LogP contribution < -0.4 is 5.32 Å². The van der Waals surface area contributed by atoms with E-state index in [9.17, 15) is 4.79 Å². The number of carbonyl (C=O) groups excluding carboxylic acids is 1. The molecule has 0 bridgehead atoms. The monoisotopic (exact) mass is 268 g/mol. The molecule has 1 N–H and O–H groups in total. The zero-order valence-corrected chi connectivity index (χ0v) is 12.9. The van der Waals surface area contributed by atoms with E-state index in [1.54, 1.807) is 0 Å². The van der Waals surface area contributed by atoms with Crippen molar-refractivity contribution in [1.82, 2.24) is 10.2 Å². The second-order valence-electron chi connectivity index (χ2n) is 5.99. The minimum atomic E-state index is 0.342. The van der Waals surface area contributed by atoms with Gasteiger partial charge in [0.2, 0.25) is 5.91 Å². The van der Waals surface area contributed by atoms with Crippen molar-refractivity contribution in [1.29, 1.82) is 0 Å². The van der Waals surface area contributed by atoms with Crippen molar-refractivity contribution >= 4 is 5.91 Å². The maximum atomic E-state index is 12.0. The van der Waals surface area contributed by atoms with E-state index in [1.165, 1.54) is 44.9 Å². The molecule has 1 rings (SSSR count). The van der Waals surface area contributed by atoms with Crippen molar-refractivity contribution in [3.63, 3.8) is 0 Å². The molecule has 0 radical (unpaired) electrons. The summed E-state index contributed by atoms with van der Waals surface area (Å²) in [7, 11) is 1.97. The van der Waals surface area contributed by atoms with Crippen LogP contribution in [0.3, 0.4) is 0 Å². The van der Waals surface area contributed by atoms with Crippen LogP contribution in [-0.4, -0.2) is 37.5 Å². The highest BCUT2D eigenvalue weighted by Crippen LogP contribution is 2.14. The number of carbonyl (C=O) groups is 1. The predicted molar refractivity (Wildman–Crippen MR) is 81.2 cm³/mol. The van der Waals surface area contributed by atoms with Crippen LogP contribution in [0.1, 0.15) is 64.7 Å². The number of piperidine rings is 1. The van der Waals surface area contributed by atoms with E-state index in [-0.39, 0.29) is 0 Å². The van der Waals surface area contributed by atoms with Crippen molar-refractivity contribution in [2.45, 2.75) is 64.7 Å². The highest BCUT2D eigenvalue weighted by atomic mass is 16.2. The van der Waals surface area contributed by atoms with Crippen molar-refractivity contribution in [3.05, 3.63) is 0 Å². The van der Waals surface area contributed by atoms with Gasteiger partial charge in [0.25, 0.3) is 0 Å². The summed E-state index contributed by atoms with van der Waals surface area (Å²) in [6, 6.07) is 0. The van der Waals surface area contributed by atoms with E-state index in [0.717, 1.165) is 32.5 Å². The summed E-state index contributed by atoms with van der Waals surface area (Å²) in [5, 5.41) is 3.37. The Bertz CT molecular complexity index is 237. The molecular formula is C16H32N2O. The summed E-state index contributed by atoms with van der Waals surface area (Å²) in [5.74, 6) is 1.05. The topological polar surface area (TPSA) is 32.3 Å². The van der Waals surface area contributed by atoms with Gasteiger partial charge in [-0.25, -0.2) is 0 Å². The molecule has 0 aromatic heterocycles. The molecule has 1 saturated heterocycles. The van der Waals surface area contributed by atoms with Crippen molar-refractivity contribution in [2.24, 2.45) is 5.92 Å². The fourth-order valence-electron chi connectivity index (χ4n) is 2.80. The van der Waals surface area contributed by atoms with E-state index in [4.69, 9.17) is 0 Å². The Morgan fingerprint density at radius 3 is 2.42 bits per heavy atom. The predicted octanol–water partition coefficient (Wildman–Crippen LogP) is 3.20. The van der Waals surface area contributed by atoms with Crippen molar-refractivity contribution in [3.8, 4) is 0 Å². The molecule has 1 aliphatic heterocycles. The lowest BCUT2D eigenvalue weighted by Gasteiger charge is -2.27. The van der Waals surface area contributed by atoms with Gasteiger partial charge in [-0.2, -0.15) is 0 Å². The smallest absolute Gasteiger partial charge is 0.222 e. The van der Waals surface area contributed by atoms with Gasteiger partial charge in [0.15, 0.2) is 0 Å². The average Bonchev–Trinajstić information content (AvgIpc) is 2.43. The molecule has 0 aromatic carbocycles. The molecule has 1 fully saturated rings. The number of hydrogen-bond acceptors (Lipinski definition) is 2. The molecule has 3 heteroatoms. The summed E-state index contributed by atoms with van der Waals surface area (Å²) in [4.78, 5) is 14.0. The van der Waals surface area contributed by atoms with E-state index in [1.807, 2.05) is 11.9 Å². The number of rotatable bonds is 9. The summed E-state index contributed by atoms with van der Waals surface area (Å²) in [6.45, 7) is 5.42. The quantitative estimate of drug-likeness (QED) is 0.651. The van der Waals surface area contributed by atoms with Gasteiger partial charge < -0.3 is 10.2 Å². The molecule has 0 unspecified atom stereocenters. The van der Waals surface area contributed by atoms with Crippen molar-refractivity contribution < 1.29 is 4.79 Å². The van der Waals surface area contributed by atoms with Crippen LogP contribution >= 0.6 is 0 Å². The third-order valence-electron chi connectivity index (χ3n) is 4.16. The molecule has 0 aliphatic carbocycles. The minimum absolute atomic E-state index is 0.342. The Morgan fingerprint density at radius 1 is 1.11 bits per heavy atom. The lowest BCUT2D eigenvalue weighted by atomic mass is 9.97. The highest BCUT2D eigenvalue weighted by molar-refractivity contribution is 5.75. The summed E-state index contributed by atoms with van der Waals surface area (Å²) >= 11 is 0. The summed E-state index contributed by atoms with van der Waals surface area (Å²) in [5.41, 5.74) is 0. The first-order valence-electron chi connectivity index (χ1n) is 8.18. The number of nitrogens with one attached hydrogen (secondary N) is 1. The first-order chi connectivity index (χ1) is 9.24. The van der Waals surface area contributed by atoms with E-state index < -0.39 is 0 Å². The number of amides is 1. The van der Waals surface area contributed by atoms with E-state index in [0.29, 0.717) is 11.8 Å². The van der Waals surface area contributed by atoms with Gasteiger partial charge in [0.05, 0.1) is 0 Å². The molecule has 1 heterocycles. The molecule has 0 saturated carbocycles. The van der Waals surface area contributed by atoms with Gasteiger partial charge in [0.1, 0.15) is 0 Å².